The number of rotatable bonds is 3. The summed E-state index contributed by atoms with van der Waals surface area (Å²) in [5.74, 6) is -4.73. The third-order valence-electron chi connectivity index (χ3n) is 1.66. The highest BCUT2D eigenvalue weighted by molar-refractivity contribution is 5.92. The van der Waals surface area contributed by atoms with Gasteiger partial charge >= 0.3 is 12.3 Å². The summed E-state index contributed by atoms with van der Waals surface area (Å²) in [5.41, 5.74) is -2.34. The third kappa shape index (κ3) is 3.02. The molecule has 0 spiro atoms. The molecule has 0 saturated heterocycles. The summed E-state index contributed by atoms with van der Waals surface area (Å²) in [4.78, 5) is 13.4. The zero-order valence-electron chi connectivity index (χ0n) is 7.89. The first-order chi connectivity index (χ1) is 7.76. The van der Waals surface area contributed by atoms with Crippen molar-refractivity contribution in [3.05, 3.63) is 23.1 Å². The maximum Gasteiger partial charge on any atom is 0.574 e. The van der Waals surface area contributed by atoms with Gasteiger partial charge in [-0.15, -0.1) is 13.2 Å². The molecule has 0 aliphatic carbocycles. The molecule has 1 rings (SSSR count). The number of pyridine rings is 1. The van der Waals surface area contributed by atoms with Gasteiger partial charge < -0.3 is 9.84 Å². The number of aromatic nitrogens is 1. The summed E-state index contributed by atoms with van der Waals surface area (Å²) in [7, 11) is 0. The van der Waals surface area contributed by atoms with Crippen LogP contribution in [-0.2, 0) is 6.67 Å². The lowest BCUT2D eigenvalue weighted by atomic mass is 10.1. The predicted molar refractivity (Wildman–Crippen MR) is 42.6 cm³/mol. The van der Waals surface area contributed by atoms with Crippen molar-refractivity contribution in [2.75, 3.05) is 0 Å². The Bertz CT molecular complexity index is 446. The van der Waals surface area contributed by atoms with E-state index in [1.807, 2.05) is 0 Å². The molecule has 0 bridgehead atoms. The number of alkyl halides is 4. The highest BCUT2D eigenvalue weighted by Gasteiger charge is 2.35. The number of hydrogen-bond donors (Lipinski definition) is 1. The molecule has 1 aromatic heterocycles. The third-order valence-corrected chi connectivity index (χ3v) is 1.66. The number of carboxylic acid groups (broad SMARTS) is 1. The van der Waals surface area contributed by atoms with Crippen LogP contribution in [0.25, 0.3) is 0 Å². The standard InChI is InChI=1S/C8H4F5NO3/c9-1-3-4(10)2-14-6(5(3)7(15)16)17-8(11,12)13/h2H,1H2,(H,15,16). The summed E-state index contributed by atoms with van der Waals surface area (Å²) in [6.45, 7) is -1.59. The van der Waals surface area contributed by atoms with Gasteiger partial charge in [0.25, 0.3) is 0 Å². The van der Waals surface area contributed by atoms with E-state index >= 15 is 0 Å². The van der Waals surface area contributed by atoms with E-state index in [4.69, 9.17) is 5.11 Å². The van der Waals surface area contributed by atoms with Crippen molar-refractivity contribution in [1.29, 1.82) is 0 Å². The van der Waals surface area contributed by atoms with Gasteiger partial charge in [-0.3, -0.25) is 0 Å². The number of carbonyl (C=O) groups is 1. The minimum absolute atomic E-state index is 0.252. The number of ether oxygens (including phenoxy) is 1. The van der Waals surface area contributed by atoms with Crippen molar-refractivity contribution in [1.82, 2.24) is 4.98 Å². The second kappa shape index (κ2) is 4.52. The predicted octanol–water partition coefficient (Wildman–Crippen LogP) is 2.29. The van der Waals surface area contributed by atoms with Crippen LogP contribution in [0.3, 0.4) is 0 Å². The Morgan fingerprint density at radius 1 is 1.47 bits per heavy atom. The lowest BCUT2D eigenvalue weighted by Crippen LogP contribution is -2.21. The van der Waals surface area contributed by atoms with E-state index in [-0.39, 0.29) is 6.20 Å². The van der Waals surface area contributed by atoms with Crippen molar-refractivity contribution in [3.63, 3.8) is 0 Å². The molecule has 94 valence electrons. The van der Waals surface area contributed by atoms with Crippen molar-refractivity contribution in [3.8, 4) is 5.88 Å². The molecule has 0 aromatic carbocycles. The van der Waals surface area contributed by atoms with Crippen molar-refractivity contribution < 1.29 is 36.6 Å². The Morgan fingerprint density at radius 2 is 2.06 bits per heavy atom. The minimum Gasteiger partial charge on any atom is -0.477 e. The van der Waals surface area contributed by atoms with Crippen LogP contribution in [0, 0.1) is 5.82 Å². The summed E-state index contributed by atoms with van der Waals surface area (Å²) in [6, 6.07) is 0. The molecule has 0 unspecified atom stereocenters. The first kappa shape index (κ1) is 13.1. The van der Waals surface area contributed by atoms with Crippen LogP contribution in [0.2, 0.25) is 0 Å². The molecule has 0 atom stereocenters. The SMILES string of the molecule is O=C(O)c1c(OC(F)(F)F)ncc(F)c1CF. The Kier molecular flexibility index (Phi) is 3.49. The average Bonchev–Trinajstić information content (AvgIpc) is 2.17. The van der Waals surface area contributed by atoms with Crippen LogP contribution in [0.4, 0.5) is 22.0 Å². The van der Waals surface area contributed by atoms with Crippen LogP contribution >= 0.6 is 0 Å². The van der Waals surface area contributed by atoms with Gasteiger partial charge in [0.1, 0.15) is 18.1 Å². The van der Waals surface area contributed by atoms with Crippen molar-refractivity contribution in [2.24, 2.45) is 0 Å². The van der Waals surface area contributed by atoms with Gasteiger partial charge in [-0.25, -0.2) is 18.6 Å². The van der Waals surface area contributed by atoms with E-state index < -0.39 is 41.8 Å². The van der Waals surface area contributed by atoms with Crippen molar-refractivity contribution in [2.45, 2.75) is 13.0 Å². The second-order valence-electron chi connectivity index (χ2n) is 2.75. The molecule has 0 saturated carbocycles. The molecule has 1 aromatic rings. The normalized spacial score (nSPS) is 11.4. The lowest BCUT2D eigenvalue weighted by Gasteiger charge is -2.12. The van der Waals surface area contributed by atoms with E-state index in [2.05, 4.69) is 9.72 Å². The zero-order valence-corrected chi connectivity index (χ0v) is 7.89. The monoisotopic (exact) mass is 257 g/mol. The number of nitrogens with zero attached hydrogens (tertiary/aromatic N) is 1. The van der Waals surface area contributed by atoms with Gasteiger partial charge in [0.2, 0.25) is 5.88 Å². The topological polar surface area (TPSA) is 59.4 Å². The largest absolute Gasteiger partial charge is 0.574 e. The molecule has 1 N–H and O–H groups in total. The fourth-order valence-electron chi connectivity index (χ4n) is 1.04. The van der Waals surface area contributed by atoms with Gasteiger partial charge in [0.15, 0.2) is 0 Å². The molecule has 0 radical (unpaired) electrons. The van der Waals surface area contributed by atoms with Gasteiger partial charge in [-0.05, 0) is 0 Å². The lowest BCUT2D eigenvalue weighted by molar-refractivity contribution is -0.276. The van der Waals surface area contributed by atoms with E-state index in [1.165, 1.54) is 0 Å². The average molecular weight is 257 g/mol. The Hall–Kier alpha value is -1.93. The molecule has 0 fully saturated rings. The maximum atomic E-state index is 12.9. The fourth-order valence-corrected chi connectivity index (χ4v) is 1.04. The van der Waals surface area contributed by atoms with E-state index in [0.29, 0.717) is 0 Å². The first-order valence-corrected chi connectivity index (χ1v) is 3.98. The van der Waals surface area contributed by atoms with Crippen LogP contribution in [0.15, 0.2) is 6.20 Å². The first-order valence-electron chi connectivity index (χ1n) is 3.98. The molecule has 0 aliphatic rings. The molecule has 9 heteroatoms. The summed E-state index contributed by atoms with van der Waals surface area (Å²) in [6.07, 6.45) is -4.95. The van der Waals surface area contributed by atoms with Crippen LogP contribution in [-0.4, -0.2) is 22.4 Å². The van der Waals surface area contributed by atoms with E-state index in [0.717, 1.165) is 0 Å². The highest BCUT2D eigenvalue weighted by atomic mass is 19.4. The Labute approximate surface area is 90.6 Å². The number of hydrogen-bond acceptors (Lipinski definition) is 3. The number of carboxylic acids is 1. The van der Waals surface area contributed by atoms with E-state index in [9.17, 15) is 26.7 Å². The summed E-state index contributed by atoms with van der Waals surface area (Å²) < 4.78 is 64.2. The van der Waals surface area contributed by atoms with Gasteiger partial charge in [-0.2, -0.15) is 0 Å². The molecular weight excluding hydrogens is 253 g/mol. The molecule has 0 amide bonds. The molecule has 4 nitrogen and oxygen atoms in total. The van der Waals surface area contributed by atoms with Gasteiger partial charge in [-0.1, -0.05) is 0 Å². The quantitative estimate of drug-likeness (QED) is 0.844. The van der Waals surface area contributed by atoms with Gasteiger partial charge in [0.05, 0.1) is 6.20 Å². The number of halogens is 5. The number of aromatic carboxylic acids is 1. The van der Waals surface area contributed by atoms with Crippen LogP contribution in [0.5, 0.6) is 5.88 Å². The van der Waals surface area contributed by atoms with E-state index in [1.54, 1.807) is 0 Å². The Balaban J connectivity index is 3.36. The van der Waals surface area contributed by atoms with Crippen LogP contribution in [0.1, 0.15) is 15.9 Å². The zero-order chi connectivity index (χ0) is 13.2. The molecular formula is C8H4F5NO3. The molecule has 1 heterocycles. The summed E-state index contributed by atoms with van der Waals surface area (Å²) in [5, 5.41) is 8.58. The minimum atomic E-state index is -5.21. The molecule has 0 aliphatic heterocycles. The summed E-state index contributed by atoms with van der Waals surface area (Å²) >= 11 is 0. The fraction of sp³-hybridized carbons (Fsp3) is 0.250. The second-order valence-corrected chi connectivity index (χ2v) is 2.75. The highest BCUT2D eigenvalue weighted by Crippen LogP contribution is 2.28. The molecule has 17 heavy (non-hydrogen) atoms. The Morgan fingerprint density at radius 3 is 2.47 bits per heavy atom. The van der Waals surface area contributed by atoms with Gasteiger partial charge in [0, 0.05) is 5.56 Å². The van der Waals surface area contributed by atoms with Crippen molar-refractivity contribution >= 4 is 5.97 Å². The smallest absolute Gasteiger partial charge is 0.477 e. The maximum absolute atomic E-state index is 12.9. The van der Waals surface area contributed by atoms with Crippen LogP contribution < -0.4 is 4.74 Å².